The first-order valence-electron chi connectivity index (χ1n) is 6.79. The minimum Gasteiger partial charge on any atom is -0.460 e. The standard InChI is InChI=1S/C13H16FN5OS/c1-15-12(20-8-3-2-6-16-7-8)19-13-17-9-4-5-10(14)18-11(9)21-13/h4-5,8,16H,2-3,6-7H2,1H3,(H,15,17,19). The van der Waals surface area contributed by atoms with E-state index in [1.165, 1.54) is 17.4 Å². The molecule has 6 nitrogen and oxygen atoms in total. The second kappa shape index (κ2) is 6.31. The number of anilines is 1. The molecule has 0 spiro atoms. The summed E-state index contributed by atoms with van der Waals surface area (Å²) in [4.78, 5) is 12.8. The third-order valence-electron chi connectivity index (χ3n) is 3.17. The molecule has 0 saturated carbocycles. The van der Waals surface area contributed by atoms with Gasteiger partial charge in [0.05, 0.1) is 0 Å². The van der Waals surface area contributed by atoms with Gasteiger partial charge in [-0.3, -0.25) is 5.32 Å². The van der Waals surface area contributed by atoms with E-state index in [1.807, 2.05) is 0 Å². The zero-order chi connectivity index (χ0) is 14.7. The molecule has 1 fully saturated rings. The molecule has 21 heavy (non-hydrogen) atoms. The number of nitrogens with one attached hydrogen (secondary N) is 2. The molecule has 1 aliphatic heterocycles. The highest BCUT2D eigenvalue weighted by Gasteiger charge is 2.17. The van der Waals surface area contributed by atoms with Gasteiger partial charge in [0.25, 0.3) is 6.02 Å². The number of thiazole rings is 1. The Kier molecular flexibility index (Phi) is 4.26. The molecular weight excluding hydrogens is 293 g/mol. The minimum absolute atomic E-state index is 0.106. The fourth-order valence-corrected chi connectivity index (χ4v) is 2.97. The summed E-state index contributed by atoms with van der Waals surface area (Å²) < 4.78 is 18.9. The number of piperidine rings is 1. The SMILES string of the molecule is CN=C(Nc1nc2ccc(F)nc2s1)OC1CCCNC1. The van der Waals surface area contributed by atoms with E-state index >= 15 is 0 Å². The summed E-state index contributed by atoms with van der Waals surface area (Å²) in [5.74, 6) is -0.508. The van der Waals surface area contributed by atoms with E-state index in [-0.39, 0.29) is 6.10 Å². The van der Waals surface area contributed by atoms with Crippen molar-refractivity contribution in [2.75, 3.05) is 25.5 Å². The van der Waals surface area contributed by atoms with E-state index in [0.717, 1.165) is 25.9 Å². The summed E-state index contributed by atoms with van der Waals surface area (Å²) in [5, 5.41) is 6.90. The summed E-state index contributed by atoms with van der Waals surface area (Å²) >= 11 is 1.27. The quantitative estimate of drug-likeness (QED) is 0.504. The van der Waals surface area contributed by atoms with Crippen molar-refractivity contribution in [2.24, 2.45) is 4.99 Å². The molecule has 0 radical (unpaired) electrons. The molecule has 0 amide bonds. The number of pyridine rings is 1. The third-order valence-corrected chi connectivity index (χ3v) is 4.05. The summed E-state index contributed by atoms with van der Waals surface area (Å²) in [7, 11) is 1.66. The van der Waals surface area contributed by atoms with Gasteiger partial charge in [0, 0.05) is 13.6 Å². The molecule has 0 aromatic carbocycles. The van der Waals surface area contributed by atoms with Crippen LogP contribution in [0.2, 0.25) is 0 Å². The van der Waals surface area contributed by atoms with Crippen LogP contribution in [0.4, 0.5) is 9.52 Å². The number of halogens is 1. The second-order valence-electron chi connectivity index (χ2n) is 4.72. The Morgan fingerprint density at radius 3 is 3.19 bits per heavy atom. The van der Waals surface area contributed by atoms with Crippen molar-refractivity contribution in [1.82, 2.24) is 15.3 Å². The number of fused-ring (bicyclic) bond motifs is 1. The molecule has 1 unspecified atom stereocenters. The van der Waals surface area contributed by atoms with Crippen LogP contribution in [0.3, 0.4) is 0 Å². The van der Waals surface area contributed by atoms with Crippen molar-refractivity contribution in [3.05, 3.63) is 18.1 Å². The molecule has 1 atom stereocenters. The lowest BCUT2D eigenvalue weighted by molar-refractivity contribution is 0.154. The Balaban J connectivity index is 1.70. The monoisotopic (exact) mass is 309 g/mol. The number of rotatable bonds is 2. The molecule has 2 aromatic heterocycles. The van der Waals surface area contributed by atoms with Gasteiger partial charge >= 0.3 is 0 Å². The van der Waals surface area contributed by atoms with Crippen molar-refractivity contribution >= 4 is 32.8 Å². The molecule has 3 heterocycles. The first-order valence-corrected chi connectivity index (χ1v) is 7.60. The summed E-state index contributed by atoms with van der Waals surface area (Å²) in [5.41, 5.74) is 0.652. The Morgan fingerprint density at radius 2 is 2.43 bits per heavy atom. The maximum absolute atomic E-state index is 13.1. The molecule has 8 heteroatoms. The lowest BCUT2D eigenvalue weighted by Gasteiger charge is -2.24. The number of ether oxygens (including phenoxy) is 1. The number of hydrogen-bond acceptors (Lipinski definition) is 6. The number of nitrogens with zero attached hydrogens (tertiary/aromatic N) is 3. The van der Waals surface area contributed by atoms with E-state index in [0.29, 0.717) is 21.5 Å². The molecule has 1 aliphatic rings. The third kappa shape index (κ3) is 3.45. The smallest absolute Gasteiger partial charge is 0.291 e. The second-order valence-corrected chi connectivity index (χ2v) is 5.69. The highest BCUT2D eigenvalue weighted by Crippen LogP contribution is 2.24. The zero-order valence-corrected chi connectivity index (χ0v) is 12.4. The number of aliphatic imine (C=N–C) groups is 1. The van der Waals surface area contributed by atoms with Crippen LogP contribution in [0.25, 0.3) is 10.3 Å². The highest BCUT2D eigenvalue weighted by atomic mass is 32.1. The maximum atomic E-state index is 13.1. The van der Waals surface area contributed by atoms with E-state index in [2.05, 4.69) is 25.6 Å². The van der Waals surface area contributed by atoms with Crippen LogP contribution in [0.5, 0.6) is 0 Å². The van der Waals surface area contributed by atoms with Crippen molar-refractivity contribution in [2.45, 2.75) is 18.9 Å². The summed E-state index contributed by atoms with van der Waals surface area (Å²) in [6.45, 7) is 1.84. The minimum atomic E-state index is -0.508. The van der Waals surface area contributed by atoms with Gasteiger partial charge in [-0.05, 0) is 31.5 Å². The molecule has 0 aliphatic carbocycles. The van der Waals surface area contributed by atoms with E-state index in [4.69, 9.17) is 4.74 Å². The van der Waals surface area contributed by atoms with Gasteiger partial charge in [0.1, 0.15) is 16.5 Å². The molecule has 2 N–H and O–H groups in total. The van der Waals surface area contributed by atoms with Gasteiger partial charge in [-0.15, -0.1) is 0 Å². The predicted octanol–water partition coefficient (Wildman–Crippen LogP) is 2.00. The van der Waals surface area contributed by atoms with Crippen LogP contribution in [-0.4, -0.2) is 42.2 Å². The lowest BCUT2D eigenvalue weighted by atomic mass is 10.1. The van der Waals surface area contributed by atoms with Crippen LogP contribution >= 0.6 is 11.3 Å². The van der Waals surface area contributed by atoms with Crippen LogP contribution in [-0.2, 0) is 4.74 Å². The topological polar surface area (TPSA) is 71.4 Å². The number of hydrogen-bond donors (Lipinski definition) is 2. The van der Waals surface area contributed by atoms with Crippen molar-refractivity contribution < 1.29 is 9.13 Å². The van der Waals surface area contributed by atoms with Gasteiger partial charge in [-0.2, -0.15) is 4.39 Å². The van der Waals surface area contributed by atoms with E-state index < -0.39 is 5.95 Å². The maximum Gasteiger partial charge on any atom is 0.291 e. The first-order chi connectivity index (χ1) is 10.2. The Morgan fingerprint density at radius 1 is 1.52 bits per heavy atom. The fraction of sp³-hybridized carbons (Fsp3) is 0.462. The fourth-order valence-electron chi connectivity index (χ4n) is 2.16. The lowest BCUT2D eigenvalue weighted by Crippen LogP contribution is -2.38. The number of amidine groups is 1. The van der Waals surface area contributed by atoms with Gasteiger partial charge in [-0.25, -0.2) is 15.0 Å². The van der Waals surface area contributed by atoms with Crippen molar-refractivity contribution in [3.8, 4) is 0 Å². The molecule has 2 aromatic rings. The van der Waals surface area contributed by atoms with E-state index in [9.17, 15) is 4.39 Å². The largest absolute Gasteiger partial charge is 0.460 e. The van der Waals surface area contributed by atoms with E-state index in [1.54, 1.807) is 13.1 Å². The van der Waals surface area contributed by atoms with Gasteiger partial charge < -0.3 is 10.1 Å². The van der Waals surface area contributed by atoms with Gasteiger partial charge in [-0.1, -0.05) is 11.3 Å². The highest BCUT2D eigenvalue weighted by molar-refractivity contribution is 7.21. The van der Waals surface area contributed by atoms with Gasteiger partial charge in [0.2, 0.25) is 5.95 Å². The average molecular weight is 309 g/mol. The Labute approximate surface area is 125 Å². The number of aromatic nitrogens is 2. The van der Waals surface area contributed by atoms with Crippen LogP contribution in [0.15, 0.2) is 17.1 Å². The molecule has 3 rings (SSSR count). The Bertz CT molecular complexity index is 653. The molecule has 112 valence electrons. The zero-order valence-electron chi connectivity index (χ0n) is 11.6. The summed E-state index contributed by atoms with van der Waals surface area (Å²) in [6, 6.07) is 3.32. The predicted molar refractivity (Wildman–Crippen MR) is 81.3 cm³/mol. The van der Waals surface area contributed by atoms with Crippen LogP contribution in [0.1, 0.15) is 12.8 Å². The van der Waals surface area contributed by atoms with Crippen molar-refractivity contribution in [3.63, 3.8) is 0 Å². The van der Waals surface area contributed by atoms with Crippen molar-refractivity contribution in [1.29, 1.82) is 0 Å². The normalized spacial score (nSPS) is 19.7. The van der Waals surface area contributed by atoms with Gasteiger partial charge in [0.15, 0.2) is 5.13 Å². The van der Waals surface area contributed by atoms with Crippen LogP contribution < -0.4 is 10.6 Å². The summed E-state index contributed by atoms with van der Waals surface area (Å²) in [6.07, 6.45) is 2.20. The Hall–Kier alpha value is -1.80. The molecule has 0 bridgehead atoms. The average Bonchev–Trinajstić information content (AvgIpc) is 2.89. The molecular formula is C13H16FN5OS. The molecule has 1 saturated heterocycles. The first kappa shape index (κ1) is 14.2. The van der Waals surface area contributed by atoms with Crippen LogP contribution in [0, 0.1) is 5.95 Å².